The molecule has 1 aliphatic rings. The molecule has 23 heavy (non-hydrogen) atoms. The number of benzene rings is 2. The summed E-state index contributed by atoms with van der Waals surface area (Å²) in [5.41, 5.74) is 3.75. The number of amides is 1. The van der Waals surface area contributed by atoms with Gasteiger partial charge in [0.1, 0.15) is 0 Å². The van der Waals surface area contributed by atoms with Gasteiger partial charge in [-0.2, -0.15) is 0 Å². The highest BCUT2D eigenvalue weighted by atomic mass is 35.5. The molecule has 0 spiro atoms. The number of hydrogen-bond donors (Lipinski definition) is 1. The quantitative estimate of drug-likeness (QED) is 0.887. The Labute approximate surface area is 141 Å². The van der Waals surface area contributed by atoms with Gasteiger partial charge in [-0.3, -0.25) is 9.79 Å². The number of fused-ring (bicyclic) bond motifs is 1. The monoisotopic (exact) mass is 326 g/mol. The number of hydrogen-bond acceptors (Lipinski definition) is 2. The molecule has 0 aliphatic carbocycles. The lowest BCUT2D eigenvalue weighted by atomic mass is 9.86. The van der Waals surface area contributed by atoms with Crippen molar-refractivity contribution >= 4 is 28.9 Å². The zero-order valence-corrected chi connectivity index (χ0v) is 14.0. The number of nitrogens with zero attached hydrogens (tertiary/aromatic N) is 1. The van der Waals surface area contributed by atoms with E-state index in [1.54, 1.807) is 24.3 Å². The SMILES string of the molecule is CC1(C)Cc2ccccc2C(CC(=O)Nc2ccc(Cl)cc2)=N1. The molecule has 1 N–H and O–H groups in total. The molecule has 0 radical (unpaired) electrons. The number of carbonyl (C=O) groups excluding carboxylic acids is 1. The van der Waals surface area contributed by atoms with E-state index in [1.165, 1.54) is 5.56 Å². The Morgan fingerprint density at radius 1 is 1.17 bits per heavy atom. The highest BCUT2D eigenvalue weighted by Crippen LogP contribution is 2.28. The average molecular weight is 327 g/mol. The van der Waals surface area contributed by atoms with Crippen LogP contribution in [0.1, 0.15) is 31.4 Å². The van der Waals surface area contributed by atoms with Crippen LogP contribution in [0.5, 0.6) is 0 Å². The van der Waals surface area contributed by atoms with Crippen molar-refractivity contribution < 1.29 is 4.79 Å². The molecule has 2 aromatic rings. The third-order valence-electron chi connectivity index (χ3n) is 3.84. The van der Waals surface area contributed by atoms with Crippen molar-refractivity contribution in [3.05, 3.63) is 64.7 Å². The number of anilines is 1. The smallest absolute Gasteiger partial charge is 0.230 e. The van der Waals surface area contributed by atoms with Gasteiger partial charge in [-0.15, -0.1) is 0 Å². The largest absolute Gasteiger partial charge is 0.326 e. The first kappa shape index (κ1) is 15.8. The highest BCUT2D eigenvalue weighted by Gasteiger charge is 2.27. The molecule has 0 saturated carbocycles. The first-order chi connectivity index (χ1) is 10.9. The van der Waals surface area contributed by atoms with E-state index in [-0.39, 0.29) is 17.9 Å². The van der Waals surface area contributed by atoms with Gasteiger partial charge in [-0.05, 0) is 55.7 Å². The molecule has 4 heteroatoms. The maximum Gasteiger partial charge on any atom is 0.230 e. The standard InChI is InChI=1S/C19H19ClN2O/c1-19(2)12-13-5-3-4-6-16(13)17(22-19)11-18(23)21-15-9-7-14(20)8-10-15/h3-10H,11-12H2,1-2H3,(H,21,23). The summed E-state index contributed by atoms with van der Waals surface area (Å²) in [6.07, 6.45) is 1.16. The maximum absolute atomic E-state index is 12.4. The first-order valence-electron chi connectivity index (χ1n) is 7.65. The van der Waals surface area contributed by atoms with Crippen LogP contribution in [0.3, 0.4) is 0 Å². The van der Waals surface area contributed by atoms with Crippen molar-refractivity contribution in [3.63, 3.8) is 0 Å². The van der Waals surface area contributed by atoms with E-state index in [9.17, 15) is 4.79 Å². The molecular formula is C19H19ClN2O. The molecule has 1 aliphatic heterocycles. The van der Waals surface area contributed by atoms with E-state index >= 15 is 0 Å². The number of carbonyl (C=O) groups is 1. The molecule has 118 valence electrons. The second kappa shape index (κ2) is 6.17. The van der Waals surface area contributed by atoms with Crippen LogP contribution in [-0.2, 0) is 11.2 Å². The van der Waals surface area contributed by atoms with Crippen molar-refractivity contribution in [1.82, 2.24) is 0 Å². The molecule has 0 fully saturated rings. The van der Waals surface area contributed by atoms with Gasteiger partial charge in [-0.25, -0.2) is 0 Å². The molecule has 0 aromatic heterocycles. The Balaban J connectivity index is 1.79. The summed E-state index contributed by atoms with van der Waals surface area (Å²) in [6, 6.07) is 15.3. The Morgan fingerprint density at radius 2 is 1.87 bits per heavy atom. The third kappa shape index (κ3) is 3.80. The minimum absolute atomic E-state index is 0.0708. The Kier molecular flexibility index (Phi) is 4.22. The minimum Gasteiger partial charge on any atom is -0.326 e. The number of rotatable bonds is 3. The molecule has 3 nitrogen and oxygen atoms in total. The van der Waals surface area contributed by atoms with Crippen LogP contribution in [0.4, 0.5) is 5.69 Å². The molecule has 0 unspecified atom stereocenters. The van der Waals surface area contributed by atoms with Gasteiger partial charge in [0.15, 0.2) is 0 Å². The van der Waals surface area contributed by atoms with E-state index < -0.39 is 0 Å². The van der Waals surface area contributed by atoms with Gasteiger partial charge in [0.25, 0.3) is 0 Å². The molecule has 2 aromatic carbocycles. The zero-order chi connectivity index (χ0) is 16.4. The molecule has 3 rings (SSSR count). The van der Waals surface area contributed by atoms with Crippen LogP contribution >= 0.6 is 11.6 Å². The van der Waals surface area contributed by atoms with Crippen molar-refractivity contribution in [2.24, 2.45) is 4.99 Å². The maximum atomic E-state index is 12.4. The summed E-state index contributed by atoms with van der Waals surface area (Å²) < 4.78 is 0. The Hall–Kier alpha value is -2.13. The summed E-state index contributed by atoms with van der Waals surface area (Å²) in [4.78, 5) is 17.1. The second-order valence-corrected chi connectivity index (χ2v) is 6.87. The molecule has 0 atom stereocenters. The molecule has 1 amide bonds. The van der Waals surface area contributed by atoms with Crippen LogP contribution in [0.2, 0.25) is 5.02 Å². The number of nitrogens with one attached hydrogen (secondary N) is 1. The first-order valence-corrected chi connectivity index (χ1v) is 8.03. The summed E-state index contributed by atoms with van der Waals surface area (Å²) >= 11 is 5.86. The van der Waals surface area contributed by atoms with Gasteiger partial charge >= 0.3 is 0 Å². The van der Waals surface area contributed by atoms with Crippen LogP contribution in [0.15, 0.2) is 53.5 Å². The molecular weight excluding hydrogens is 308 g/mol. The van der Waals surface area contributed by atoms with Crippen LogP contribution in [0, 0.1) is 0 Å². The second-order valence-electron chi connectivity index (χ2n) is 6.44. The predicted molar refractivity (Wildman–Crippen MR) is 95.5 cm³/mol. The fourth-order valence-corrected chi connectivity index (χ4v) is 3.04. The van der Waals surface area contributed by atoms with Crippen molar-refractivity contribution in [2.45, 2.75) is 32.2 Å². The lowest BCUT2D eigenvalue weighted by Gasteiger charge is -2.29. The fourth-order valence-electron chi connectivity index (χ4n) is 2.91. The predicted octanol–water partition coefficient (Wildman–Crippen LogP) is 4.49. The van der Waals surface area contributed by atoms with E-state index in [1.807, 2.05) is 18.2 Å². The Morgan fingerprint density at radius 3 is 2.61 bits per heavy atom. The van der Waals surface area contributed by atoms with Crippen molar-refractivity contribution in [1.29, 1.82) is 0 Å². The van der Waals surface area contributed by atoms with Gasteiger partial charge in [0.05, 0.1) is 17.7 Å². The number of aliphatic imine (C=N–C) groups is 1. The summed E-state index contributed by atoms with van der Waals surface area (Å²) in [6.45, 7) is 4.19. The minimum atomic E-state index is -0.176. The molecule has 0 saturated heterocycles. The third-order valence-corrected chi connectivity index (χ3v) is 4.10. The lowest BCUT2D eigenvalue weighted by molar-refractivity contribution is -0.115. The average Bonchev–Trinajstić information content (AvgIpc) is 2.48. The van der Waals surface area contributed by atoms with Crippen LogP contribution in [-0.4, -0.2) is 17.2 Å². The van der Waals surface area contributed by atoms with Crippen molar-refractivity contribution in [2.75, 3.05) is 5.32 Å². The van der Waals surface area contributed by atoms with E-state index in [2.05, 4.69) is 25.2 Å². The van der Waals surface area contributed by atoms with Crippen LogP contribution in [0.25, 0.3) is 0 Å². The van der Waals surface area contributed by atoms with E-state index in [0.29, 0.717) is 5.02 Å². The number of halogens is 1. The van der Waals surface area contributed by atoms with Gasteiger partial charge in [-0.1, -0.05) is 35.9 Å². The van der Waals surface area contributed by atoms with Gasteiger partial charge in [0, 0.05) is 10.7 Å². The van der Waals surface area contributed by atoms with E-state index in [0.717, 1.165) is 23.4 Å². The molecule has 0 bridgehead atoms. The summed E-state index contributed by atoms with van der Waals surface area (Å²) in [5.74, 6) is -0.0708. The Bertz CT molecular complexity index is 763. The van der Waals surface area contributed by atoms with Gasteiger partial charge in [0.2, 0.25) is 5.91 Å². The summed E-state index contributed by atoms with van der Waals surface area (Å²) in [7, 11) is 0. The lowest BCUT2D eigenvalue weighted by Crippen LogP contribution is -2.30. The summed E-state index contributed by atoms with van der Waals surface area (Å²) in [5, 5.41) is 3.54. The topological polar surface area (TPSA) is 41.5 Å². The van der Waals surface area contributed by atoms with Crippen molar-refractivity contribution in [3.8, 4) is 0 Å². The molecule has 1 heterocycles. The van der Waals surface area contributed by atoms with Gasteiger partial charge < -0.3 is 5.32 Å². The van der Waals surface area contributed by atoms with E-state index in [4.69, 9.17) is 16.6 Å². The normalized spacial score (nSPS) is 15.5. The van der Waals surface area contributed by atoms with Crippen LogP contribution < -0.4 is 5.32 Å². The fraction of sp³-hybridized carbons (Fsp3) is 0.263. The highest BCUT2D eigenvalue weighted by molar-refractivity contribution is 6.30. The zero-order valence-electron chi connectivity index (χ0n) is 13.3.